The van der Waals surface area contributed by atoms with Crippen LogP contribution in [0.25, 0.3) is 11.1 Å². The quantitative estimate of drug-likeness (QED) is 0.0591. The Kier molecular flexibility index (Phi) is 26.3. The van der Waals surface area contributed by atoms with Gasteiger partial charge in [0, 0.05) is 77.7 Å². The molecule has 2 fully saturated rings. The number of amides is 5. The molecule has 1 radical (unpaired) electrons. The number of likely N-dealkylation sites (N-methyl/N-ethyl adjacent to an activating group) is 1. The van der Waals surface area contributed by atoms with Crippen LogP contribution in [0.5, 0.6) is 46.0 Å². The molecule has 17 atom stereocenters. The SMILES string of the molecule is [3H]C1(C)CC(OC2C(Oc3c4cc5cc3Oc3ccc(cc3Cl)C(O)C(C(=O)NC(C(C)=O)c3cc(O)[c-]c(O)c3-c3ccccc3O)NC(=O)CCC(=O)C5NC(=O)C(CC(N)=O)CC(=O)C(NC(=O)C(CC(C)C)NC)C(O)c3ccc(c(Cl)c3)O4)OC(CO)C(O)C2O)OC(C)C1O.[Y]. The van der Waals surface area contributed by atoms with E-state index in [2.05, 4.69) is 32.7 Å². The molecule has 0 aliphatic carbocycles. The first-order valence-corrected chi connectivity index (χ1v) is 32.7. The largest absolute Gasteiger partial charge is 0.534 e. The summed E-state index contributed by atoms with van der Waals surface area (Å²) in [6, 6.07) is 9.44. The fraction of sp³-hybridized carbons (Fsp3) is 0.449. The van der Waals surface area contributed by atoms with Gasteiger partial charge in [0.15, 0.2) is 41.2 Å². The molecule has 101 heavy (non-hydrogen) atoms. The summed E-state index contributed by atoms with van der Waals surface area (Å²) in [4.78, 5) is 115. The summed E-state index contributed by atoms with van der Waals surface area (Å²) in [5.41, 5.74) is 4.52. The van der Waals surface area contributed by atoms with Gasteiger partial charge >= 0.3 is 0 Å². The van der Waals surface area contributed by atoms with Crippen molar-refractivity contribution in [2.24, 2.45) is 23.5 Å². The van der Waals surface area contributed by atoms with Crippen LogP contribution in [0.3, 0.4) is 0 Å². The number of phenolic OH excluding ortho intramolecular Hbond substituents is 3. The Morgan fingerprint density at radius 2 is 1.44 bits per heavy atom. The molecule has 11 rings (SSSR count). The monoisotopic (exact) mass is 1520 g/mol. The second-order valence-electron chi connectivity index (χ2n) is 25.4. The van der Waals surface area contributed by atoms with E-state index in [-0.39, 0.29) is 106 Å². The number of carbonyl (C=O) groups is 8. The van der Waals surface area contributed by atoms with Crippen LogP contribution >= 0.6 is 23.2 Å². The molecule has 5 aromatic rings. The summed E-state index contributed by atoms with van der Waals surface area (Å²) in [6.07, 6.45) is -20.9. The summed E-state index contributed by atoms with van der Waals surface area (Å²) in [7, 11) is 1.50. The number of benzene rings is 5. The van der Waals surface area contributed by atoms with E-state index in [0.717, 1.165) is 37.3 Å². The van der Waals surface area contributed by atoms with E-state index in [4.69, 9.17) is 58.7 Å². The third kappa shape index (κ3) is 18.5. The first-order valence-electron chi connectivity index (χ1n) is 32.4. The number of hydrogen-bond donors (Lipinski definition) is 15. The van der Waals surface area contributed by atoms with E-state index in [0.29, 0.717) is 0 Å². The number of carbonyl (C=O) groups excluding carboxylic acids is 8. The Hall–Kier alpha value is -7.46. The van der Waals surface area contributed by atoms with Gasteiger partial charge in [-0.05, 0) is 104 Å². The van der Waals surface area contributed by atoms with Gasteiger partial charge in [-0.25, -0.2) is 0 Å². The molecule has 6 heterocycles. The van der Waals surface area contributed by atoms with Crippen LogP contribution in [0.2, 0.25) is 10.0 Å². The van der Waals surface area contributed by atoms with Crippen molar-refractivity contribution in [3.05, 3.63) is 117 Å². The number of Topliss-reactive ketones (excluding diaryl/α,β-unsaturated/α-hetero) is 3. The number of halogens is 2. The molecule has 32 heteroatoms. The Bertz CT molecular complexity index is 3990. The number of fused-ring (bicyclic) bond motifs is 16. The van der Waals surface area contributed by atoms with Crippen molar-refractivity contribution in [3.8, 4) is 57.1 Å². The number of para-hydroxylation sites is 1. The number of hydrogen-bond acceptors (Lipinski definition) is 24. The van der Waals surface area contributed by atoms with Gasteiger partial charge in [-0.1, -0.05) is 85.9 Å². The Morgan fingerprint density at radius 3 is 2.01 bits per heavy atom. The van der Waals surface area contributed by atoms with Gasteiger partial charge in [0.2, 0.25) is 41.6 Å². The summed E-state index contributed by atoms with van der Waals surface area (Å²) in [5, 5.41) is 114. The zero-order valence-corrected chi connectivity index (χ0v) is 59.8. The van der Waals surface area contributed by atoms with Crippen molar-refractivity contribution in [2.45, 2.75) is 165 Å². The average molecular weight is 1520 g/mol. The summed E-state index contributed by atoms with van der Waals surface area (Å²) in [6.45, 7) is 6.65. The molecule has 5 aromatic carbocycles. The van der Waals surface area contributed by atoms with Crippen molar-refractivity contribution in [1.82, 2.24) is 26.6 Å². The maximum absolute atomic E-state index is 15.4. The molecular weight excluding hydrogens is 1440 g/mol. The van der Waals surface area contributed by atoms with Crippen LogP contribution in [0.4, 0.5) is 0 Å². The number of phenols is 3. The predicted molar refractivity (Wildman–Crippen MR) is 352 cm³/mol. The second kappa shape index (κ2) is 34.2. The van der Waals surface area contributed by atoms with E-state index >= 15 is 9.59 Å². The maximum Gasteiger partial charge on any atom is 0.246 e. The topological polar surface area (TPSA) is 460 Å². The first kappa shape index (κ1) is 77.7. The molecular formula is C69H79Cl2N6O23Y-. The van der Waals surface area contributed by atoms with Gasteiger partial charge in [0.1, 0.15) is 65.9 Å². The van der Waals surface area contributed by atoms with E-state index in [1.54, 1.807) is 0 Å². The fourth-order valence-corrected chi connectivity index (χ4v) is 12.7. The number of aliphatic hydroxyl groups excluding tert-OH is 6. The molecule has 0 saturated carbocycles. The Morgan fingerprint density at radius 1 is 0.802 bits per heavy atom. The number of aromatic hydroxyl groups is 3. The molecule has 16 N–H and O–H groups in total. The van der Waals surface area contributed by atoms with Crippen LogP contribution in [0.15, 0.2) is 78.9 Å². The summed E-state index contributed by atoms with van der Waals surface area (Å²) < 4.78 is 47.0. The van der Waals surface area contributed by atoms with Crippen molar-refractivity contribution >= 4 is 70.1 Å². The van der Waals surface area contributed by atoms with Gasteiger partial charge in [-0.3, -0.25) is 38.4 Å². The molecule has 7 bridgehead atoms. The third-order valence-electron chi connectivity index (χ3n) is 17.5. The molecule has 29 nitrogen and oxygen atoms in total. The zero-order chi connectivity index (χ0) is 73.8. The number of aliphatic hydroxyl groups is 6. The number of nitrogens with two attached hydrogens (primary N) is 1. The van der Waals surface area contributed by atoms with Crippen LogP contribution in [0, 0.1) is 23.8 Å². The third-order valence-corrected chi connectivity index (χ3v) is 18.1. The number of nitrogens with one attached hydrogen (secondary N) is 5. The molecule has 0 aromatic heterocycles. The molecule has 0 spiro atoms. The molecule has 2 saturated heterocycles. The van der Waals surface area contributed by atoms with Crippen LogP contribution in [-0.4, -0.2) is 174 Å². The number of ether oxygens (including phenoxy) is 6. The Balaban J connectivity index is 0.0000132. The van der Waals surface area contributed by atoms with E-state index in [1.807, 2.05) is 13.8 Å². The van der Waals surface area contributed by atoms with Gasteiger partial charge in [-0.2, -0.15) is 0 Å². The minimum atomic E-state index is -2.13. The average Bonchev–Trinajstić information content (AvgIpc) is 0.771. The predicted octanol–water partition coefficient (Wildman–Crippen LogP) is 3.60. The molecule has 6 aliphatic rings. The Labute approximate surface area is 615 Å². The van der Waals surface area contributed by atoms with Gasteiger partial charge < -0.3 is 107 Å². The van der Waals surface area contributed by atoms with Crippen molar-refractivity contribution < 1.29 is 147 Å². The van der Waals surface area contributed by atoms with Gasteiger partial charge in [-0.15, -0.1) is 11.6 Å². The van der Waals surface area contributed by atoms with Crippen LogP contribution < -0.4 is 46.5 Å². The molecule has 5 amide bonds. The van der Waals surface area contributed by atoms with Crippen LogP contribution in [-0.2, 0) is 85.3 Å². The summed E-state index contributed by atoms with van der Waals surface area (Å²) >= 11 is 14.1. The van der Waals surface area contributed by atoms with Crippen molar-refractivity contribution in [2.75, 3.05) is 13.7 Å². The summed E-state index contributed by atoms with van der Waals surface area (Å²) in [5.74, 6) is -16.0. The second-order valence-corrected chi connectivity index (χ2v) is 26.2. The fourth-order valence-electron chi connectivity index (χ4n) is 12.2. The normalized spacial score (nSPS) is 27.9. The molecule has 6 aliphatic heterocycles. The van der Waals surface area contributed by atoms with Gasteiger partial charge in [0.25, 0.3) is 0 Å². The first-order chi connectivity index (χ1) is 47.7. The van der Waals surface area contributed by atoms with E-state index < -0.39 is 217 Å². The maximum atomic E-state index is 15.4. The van der Waals surface area contributed by atoms with Crippen molar-refractivity contribution in [3.63, 3.8) is 0 Å². The zero-order valence-electron chi connectivity index (χ0n) is 56.4. The minimum absolute atomic E-state index is 0. The van der Waals surface area contributed by atoms with Crippen LogP contribution in [0.1, 0.15) is 121 Å². The number of ketones is 3. The smallest absolute Gasteiger partial charge is 0.246 e. The number of primary amides is 1. The van der Waals surface area contributed by atoms with Crippen molar-refractivity contribution in [1.29, 1.82) is 0 Å². The molecule has 541 valence electrons. The number of rotatable bonds is 17. The minimum Gasteiger partial charge on any atom is -0.534 e. The van der Waals surface area contributed by atoms with E-state index in [9.17, 15) is 74.7 Å². The van der Waals surface area contributed by atoms with E-state index in [1.165, 1.54) is 69.4 Å². The van der Waals surface area contributed by atoms with Gasteiger partial charge in [0.05, 0.1) is 46.9 Å². The standard InChI is InChI=1S/C69H79Cl2N6O23.Y/c1-28(2)17-41(73-6)67(93)77-57-45(84)21-35(24-51(72)85)66(92)76-56-34-22-48(96-46-14-11-32(60(57)88)19-39(46)70)64(100-69-65(63(91)62(90)50(27-78)98-69)99-53-18-29(3)59(87)31(5)95-53)49(23-34)97-47-15-12-33(20-40(47)71)61(89)58(74-52(86)16-13-43(56)82)68(94)75-55(30(4)79)38-25-36(80)26-44(83)54(38)37-9-7-8-10-42(37)81;/h7-12,14-15,19-20,22-23,25,28-29,31,35,41,50,53,55-63,65,69,73,78,80-81,83,87-91H,13,16-18,21,24,27H2,1-6H3,(H2,72,85)(H,74,86)(H,75,94)(H,76,92)(H,77,93);/q-1;/i29T;. The molecule has 17 unspecified atom stereocenters.